The molecular weight excluding hydrogens is 460 g/mol. The molecule has 12 nitrogen and oxygen atoms in total. The molecule has 0 aliphatic carbocycles. The second-order valence-electron chi connectivity index (χ2n) is 7.89. The van der Waals surface area contributed by atoms with Crippen molar-refractivity contribution in [2.24, 2.45) is 0 Å². The summed E-state index contributed by atoms with van der Waals surface area (Å²) in [5.41, 5.74) is 1.70. The Labute approximate surface area is 209 Å². The normalized spacial score (nSPS) is 11.3. The number of benzene rings is 2. The predicted octanol–water partition coefficient (Wildman–Crippen LogP) is 2.16. The van der Waals surface area contributed by atoms with Crippen LogP contribution in [-0.4, -0.2) is 91.6 Å². The van der Waals surface area contributed by atoms with Gasteiger partial charge < -0.3 is 19.3 Å². The molecule has 36 heavy (non-hydrogen) atoms. The van der Waals surface area contributed by atoms with Crippen LogP contribution < -0.4 is 9.47 Å². The largest absolute Gasteiger partial charge is 0.497 e. The molecule has 12 heteroatoms. The molecule has 2 aromatic carbocycles. The maximum absolute atomic E-state index is 5.21. The van der Waals surface area contributed by atoms with E-state index in [1.807, 2.05) is 87.2 Å². The Bertz CT molecular complexity index is 1190. The average molecular weight is 489 g/mol. The minimum absolute atomic E-state index is 0.630. The third kappa shape index (κ3) is 6.03. The van der Waals surface area contributed by atoms with Gasteiger partial charge in [0, 0.05) is 51.7 Å². The summed E-state index contributed by atoms with van der Waals surface area (Å²) in [7, 11) is 7.27. The zero-order valence-electron chi connectivity index (χ0n) is 20.6. The van der Waals surface area contributed by atoms with Crippen molar-refractivity contribution in [3.63, 3.8) is 0 Å². The first-order valence-corrected chi connectivity index (χ1v) is 11.2. The Morgan fingerprint density at radius 1 is 0.667 bits per heavy atom. The van der Waals surface area contributed by atoms with Crippen molar-refractivity contribution in [1.29, 1.82) is 0 Å². The SMILES string of the molecule is COc1ccc(-n2nnnc2C=CN(C)CCN(C)C=Cc2nnnn2-c2ccc(OC)cc2)cc1. The van der Waals surface area contributed by atoms with Crippen LogP contribution in [0, 0.1) is 0 Å². The van der Waals surface area contributed by atoms with E-state index in [9.17, 15) is 0 Å². The lowest BCUT2D eigenvalue weighted by molar-refractivity contribution is 0.367. The van der Waals surface area contributed by atoms with E-state index in [2.05, 4.69) is 40.9 Å². The fourth-order valence-corrected chi connectivity index (χ4v) is 3.26. The Hall–Kier alpha value is -4.74. The Balaban J connectivity index is 1.31. The molecule has 4 rings (SSSR count). The molecule has 0 fully saturated rings. The van der Waals surface area contributed by atoms with Gasteiger partial charge in [0.1, 0.15) is 11.5 Å². The Kier molecular flexibility index (Phi) is 7.86. The number of aromatic nitrogens is 8. The third-order valence-electron chi connectivity index (χ3n) is 5.38. The van der Waals surface area contributed by atoms with E-state index in [1.54, 1.807) is 23.6 Å². The number of rotatable bonds is 11. The highest BCUT2D eigenvalue weighted by molar-refractivity contribution is 5.46. The van der Waals surface area contributed by atoms with Crippen LogP contribution in [0.1, 0.15) is 11.6 Å². The molecule has 0 saturated carbocycles. The van der Waals surface area contributed by atoms with Crippen molar-refractivity contribution < 1.29 is 9.47 Å². The molecule has 0 amide bonds. The minimum Gasteiger partial charge on any atom is -0.497 e. The van der Waals surface area contributed by atoms with Gasteiger partial charge in [0.2, 0.25) is 0 Å². The van der Waals surface area contributed by atoms with Gasteiger partial charge in [-0.05, 0) is 69.4 Å². The molecule has 0 spiro atoms. The van der Waals surface area contributed by atoms with Crippen molar-refractivity contribution in [1.82, 2.24) is 50.2 Å². The van der Waals surface area contributed by atoms with Gasteiger partial charge in [-0.25, -0.2) is 0 Å². The fourth-order valence-electron chi connectivity index (χ4n) is 3.26. The standard InChI is InChI=1S/C24H28N10O2/c1-31(15-13-23-25-27-29-33(23)19-5-9-21(35-3)10-6-19)17-18-32(2)16-14-24-26-28-30-34(24)20-7-11-22(36-4)12-8-20/h5-16H,17-18H2,1-4H3. The summed E-state index contributed by atoms with van der Waals surface area (Å²) in [6.45, 7) is 1.57. The molecule has 0 unspecified atom stereocenters. The number of methoxy groups -OCH3 is 2. The molecule has 186 valence electrons. The number of ether oxygens (including phenoxy) is 2. The smallest absolute Gasteiger partial charge is 0.181 e. The quantitative estimate of drug-likeness (QED) is 0.311. The Morgan fingerprint density at radius 2 is 1.06 bits per heavy atom. The molecule has 0 atom stereocenters. The van der Waals surface area contributed by atoms with Crippen LogP contribution in [-0.2, 0) is 0 Å². The van der Waals surface area contributed by atoms with Gasteiger partial charge in [-0.1, -0.05) is 0 Å². The Morgan fingerprint density at radius 3 is 1.42 bits per heavy atom. The molecule has 0 N–H and O–H groups in total. The molecule has 0 aliphatic heterocycles. The van der Waals surface area contributed by atoms with Crippen LogP contribution in [0.2, 0.25) is 0 Å². The second kappa shape index (κ2) is 11.6. The third-order valence-corrected chi connectivity index (χ3v) is 5.38. The zero-order valence-corrected chi connectivity index (χ0v) is 20.6. The molecule has 0 bridgehead atoms. The molecule has 2 aromatic heterocycles. The van der Waals surface area contributed by atoms with Gasteiger partial charge >= 0.3 is 0 Å². The summed E-state index contributed by atoms with van der Waals surface area (Å²) in [5, 5.41) is 24.0. The molecular formula is C24H28N10O2. The van der Waals surface area contributed by atoms with Gasteiger partial charge in [-0.15, -0.1) is 10.2 Å². The van der Waals surface area contributed by atoms with E-state index in [0.717, 1.165) is 36.0 Å². The molecule has 0 radical (unpaired) electrons. The summed E-state index contributed by atoms with van der Waals surface area (Å²) in [6, 6.07) is 15.1. The number of nitrogens with zero attached hydrogens (tertiary/aromatic N) is 10. The van der Waals surface area contributed by atoms with E-state index in [1.165, 1.54) is 0 Å². The van der Waals surface area contributed by atoms with Crippen LogP contribution in [0.3, 0.4) is 0 Å². The number of tetrazole rings is 2. The van der Waals surface area contributed by atoms with E-state index in [0.29, 0.717) is 11.6 Å². The maximum atomic E-state index is 5.21. The summed E-state index contributed by atoms with van der Waals surface area (Å²) in [6.07, 6.45) is 7.66. The van der Waals surface area contributed by atoms with E-state index in [-0.39, 0.29) is 0 Å². The zero-order chi connectivity index (χ0) is 25.3. The van der Waals surface area contributed by atoms with Gasteiger partial charge in [-0.3, -0.25) is 0 Å². The first-order valence-electron chi connectivity index (χ1n) is 11.2. The van der Waals surface area contributed by atoms with Gasteiger partial charge in [0.15, 0.2) is 11.6 Å². The summed E-state index contributed by atoms with van der Waals surface area (Å²) >= 11 is 0. The van der Waals surface area contributed by atoms with E-state index < -0.39 is 0 Å². The monoisotopic (exact) mass is 488 g/mol. The van der Waals surface area contributed by atoms with Crippen LogP contribution in [0.5, 0.6) is 11.5 Å². The van der Waals surface area contributed by atoms with Gasteiger partial charge in [-0.2, -0.15) is 9.36 Å². The van der Waals surface area contributed by atoms with E-state index >= 15 is 0 Å². The van der Waals surface area contributed by atoms with Gasteiger partial charge in [0.25, 0.3) is 0 Å². The average Bonchev–Trinajstić information content (AvgIpc) is 3.59. The highest BCUT2D eigenvalue weighted by atomic mass is 16.5. The van der Waals surface area contributed by atoms with Crippen molar-refractivity contribution >= 4 is 12.2 Å². The summed E-state index contributed by atoms with van der Waals surface area (Å²) in [4.78, 5) is 4.14. The number of hydrogen-bond acceptors (Lipinski definition) is 10. The molecule has 2 heterocycles. The summed E-state index contributed by atoms with van der Waals surface area (Å²) < 4.78 is 13.8. The predicted molar refractivity (Wildman–Crippen MR) is 135 cm³/mol. The lowest BCUT2D eigenvalue weighted by atomic mass is 10.3. The lowest BCUT2D eigenvalue weighted by Crippen LogP contribution is -2.24. The molecule has 4 aromatic rings. The maximum Gasteiger partial charge on any atom is 0.181 e. The first-order chi connectivity index (χ1) is 17.6. The van der Waals surface area contributed by atoms with Crippen LogP contribution in [0.4, 0.5) is 0 Å². The van der Waals surface area contributed by atoms with Crippen molar-refractivity contribution in [2.75, 3.05) is 41.4 Å². The molecule has 0 saturated heterocycles. The first kappa shape index (κ1) is 24.4. The summed E-state index contributed by atoms with van der Waals surface area (Å²) in [5.74, 6) is 2.81. The van der Waals surface area contributed by atoms with Crippen molar-refractivity contribution in [2.45, 2.75) is 0 Å². The minimum atomic E-state index is 0.630. The van der Waals surface area contributed by atoms with E-state index in [4.69, 9.17) is 9.47 Å². The van der Waals surface area contributed by atoms with Crippen LogP contribution in [0.25, 0.3) is 23.5 Å². The lowest BCUT2D eigenvalue weighted by Gasteiger charge is -2.19. The highest BCUT2D eigenvalue weighted by Crippen LogP contribution is 2.16. The number of hydrogen-bond donors (Lipinski definition) is 0. The van der Waals surface area contributed by atoms with Crippen molar-refractivity contribution in [3.05, 3.63) is 72.6 Å². The number of likely N-dealkylation sites (N-methyl/N-ethyl adjacent to an activating group) is 2. The van der Waals surface area contributed by atoms with Crippen molar-refractivity contribution in [3.8, 4) is 22.9 Å². The van der Waals surface area contributed by atoms with Crippen LogP contribution >= 0.6 is 0 Å². The second-order valence-corrected chi connectivity index (χ2v) is 7.89. The highest BCUT2D eigenvalue weighted by Gasteiger charge is 2.07. The molecule has 0 aliphatic rings. The van der Waals surface area contributed by atoms with Gasteiger partial charge in [0.05, 0.1) is 25.6 Å². The topological polar surface area (TPSA) is 112 Å². The fraction of sp³-hybridized carbons (Fsp3) is 0.250. The van der Waals surface area contributed by atoms with Crippen LogP contribution in [0.15, 0.2) is 60.9 Å².